The van der Waals surface area contributed by atoms with Crippen LogP contribution in [0.1, 0.15) is 5.82 Å². The largest absolute Gasteiger partial charge is 0.497 e. The highest BCUT2D eigenvalue weighted by Gasteiger charge is 2.03. The number of methoxy groups -OCH3 is 1. The van der Waals surface area contributed by atoms with Gasteiger partial charge in [0, 0.05) is 18.2 Å². The number of H-pyrrole nitrogens is 1. The summed E-state index contributed by atoms with van der Waals surface area (Å²) in [5, 5.41) is 0. The number of hydrogen-bond donors (Lipinski definition) is 1. The van der Waals surface area contributed by atoms with E-state index < -0.39 is 0 Å². The quantitative estimate of drug-likeness (QED) is 0.863. The lowest BCUT2D eigenvalue weighted by molar-refractivity contribution is 0.415. The zero-order valence-electron chi connectivity index (χ0n) is 8.91. The first-order valence-corrected chi connectivity index (χ1v) is 6.24. The Morgan fingerprint density at radius 2 is 2.33 bits per heavy atom. The Hall–Kier alpha value is -1.16. The fourth-order valence-corrected chi connectivity index (χ4v) is 1.88. The number of rotatable bonds is 4. The second-order valence-corrected chi connectivity index (χ2v) is 4.29. The van der Waals surface area contributed by atoms with Crippen LogP contribution in [0.4, 0.5) is 0 Å². The predicted molar refractivity (Wildman–Crippen MR) is 64.7 cm³/mol. The van der Waals surface area contributed by atoms with E-state index in [1.807, 2.05) is 30.0 Å². The molecule has 0 aliphatic rings. The topological polar surface area (TPSA) is 37.9 Å². The van der Waals surface area contributed by atoms with Gasteiger partial charge in [-0.15, -0.1) is 0 Å². The molecule has 0 saturated carbocycles. The summed E-state index contributed by atoms with van der Waals surface area (Å²) in [6.45, 7) is 0. The van der Waals surface area contributed by atoms with Gasteiger partial charge in [-0.3, -0.25) is 0 Å². The van der Waals surface area contributed by atoms with Crippen molar-refractivity contribution in [3.05, 3.63) is 24.0 Å². The number of ether oxygens (including phenoxy) is 1. The van der Waals surface area contributed by atoms with E-state index >= 15 is 0 Å². The molecule has 0 bridgehead atoms. The van der Waals surface area contributed by atoms with Gasteiger partial charge in [0.15, 0.2) is 0 Å². The summed E-state index contributed by atoms with van der Waals surface area (Å²) in [7, 11) is 1.67. The lowest BCUT2D eigenvalue weighted by atomic mass is 10.3. The SMILES string of the molecule is COc1ccc2nc(CCSC)[nH]c2c1. The highest BCUT2D eigenvalue weighted by Crippen LogP contribution is 2.18. The number of nitrogens with one attached hydrogen (secondary N) is 1. The van der Waals surface area contributed by atoms with Gasteiger partial charge in [-0.1, -0.05) is 0 Å². The number of fused-ring (bicyclic) bond motifs is 1. The first-order valence-electron chi connectivity index (χ1n) is 4.85. The van der Waals surface area contributed by atoms with Crippen LogP contribution in [-0.2, 0) is 6.42 Å². The standard InChI is InChI=1S/C11H14N2OS/c1-14-8-3-4-9-10(7-8)13-11(12-9)5-6-15-2/h3-4,7H,5-6H2,1-2H3,(H,12,13). The Labute approximate surface area is 93.2 Å². The summed E-state index contributed by atoms with van der Waals surface area (Å²) in [6.07, 6.45) is 3.09. The summed E-state index contributed by atoms with van der Waals surface area (Å²) < 4.78 is 5.16. The van der Waals surface area contributed by atoms with Gasteiger partial charge in [-0.25, -0.2) is 4.98 Å². The van der Waals surface area contributed by atoms with Crippen LogP contribution in [0.15, 0.2) is 18.2 Å². The van der Waals surface area contributed by atoms with Crippen molar-refractivity contribution < 1.29 is 4.74 Å². The molecule has 0 saturated heterocycles. The molecule has 0 aliphatic heterocycles. The average molecular weight is 222 g/mol. The molecule has 80 valence electrons. The molecule has 15 heavy (non-hydrogen) atoms. The van der Waals surface area contributed by atoms with Crippen LogP contribution in [0.2, 0.25) is 0 Å². The van der Waals surface area contributed by atoms with Crippen molar-refractivity contribution in [2.24, 2.45) is 0 Å². The van der Waals surface area contributed by atoms with Crippen molar-refractivity contribution in [3.63, 3.8) is 0 Å². The maximum absolute atomic E-state index is 5.16. The van der Waals surface area contributed by atoms with Crippen LogP contribution in [0.25, 0.3) is 11.0 Å². The van der Waals surface area contributed by atoms with Gasteiger partial charge in [0.05, 0.1) is 18.1 Å². The van der Waals surface area contributed by atoms with Crippen LogP contribution in [0.3, 0.4) is 0 Å². The summed E-state index contributed by atoms with van der Waals surface area (Å²) in [4.78, 5) is 7.80. The Morgan fingerprint density at radius 3 is 3.07 bits per heavy atom. The molecule has 0 spiro atoms. The summed E-state index contributed by atoms with van der Waals surface area (Å²) >= 11 is 1.83. The Bertz CT molecular complexity index is 453. The molecule has 4 heteroatoms. The van der Waals surface area contributed by atoms with Crippen molar-refractivity contribution in [2.45, 2.75) is 6.42 Å². The second kappa shape index (κ2) is 4.57. The van der Waals surface area contributed by atoms with Gasteiger partial charge in [0.1, 0.15) is 11.6 Å². The highest BCUT2D eigenvalue weighted by molar-refractivity contribution is 7.98. The van der Waals surface area contributed by atoms with Crippen LogP contribution >= 0.6 is 11.8 Å². The fraction of sp³-hybridized carbons (Fsp3) is 0.364. The van der Waals surface area contributed by atoms with Crippen LogP contribution < -0.4 is 4.74 Å². The minimum atomic E-state index is 0.863. The van der Waals surface area contributed by atoms with E-state index in [-0.39, 0.29) is 0 Å². The van der Waals surface area contributed by atoms with Crippen LogP contribution in [-0.4, -0.2) is 29.1 Å². The van der Waals surface area contributed by atoms with E-state index in [1.54, 1.807) is 7.11 Å². The zero-order valence-corrected chi connectivity index (χ0v) is 9.73. The number of hydrogen-bond acceptors (Lipinski definition) is 3. The minimum absolute atomic E-state index is 0.863. The van der Waals surface area contributed by atoms with Gasteiger partial charge >= 0.3 is 0 Å². The number of imidazole rings is 1. The van der Waals surface area contributed by atoms with E-state index in [2.05, 4.69) is 16.2 Å². The van der Waals surface area contributed by atoms with E-state index in [9.17, 15) is 0 Å². The Morgan fingerprint density at radius 1 is 1.47 bits per heavy atom. The van der Waals surface area contributed by atoms with Gasteiger partial charge in [0.2, 0.25) is 0 Å². The van der Waals surface area contributed by atoms with E-state index in [0.29, 0.717) is 0 Å². The molecule has 0 unspecified atom stereocenters. The average Bonchev–Trinajstić information content (AvgIpc) is 2.67. The van der Waals surface area contributed by atoms with Gasteiger partial charge in [-0.05, 0) is 18.4 Å². The summed E-state index contributed by atoms with van der Waals surface area (Å²) in [6, 6.07) is 5.89. The monoisotopic (exact) mass is 222 g/mol. The van der Waals surface area contributed by atoms with Crippen molar-refractivity contribution in [1.82, 2.24) is 9.97 Å². The predicted octanol–water partition coefficient (Wildman–Crippen LogP) is 2.48. The molecule has 1 N–H and O–H groups in total. The number of thioether (sulfide) groups is 1. The Kier molecular flexibility index (Phi) is 3.16. The molecule has 0 radical (unpaired) electrons. The normalized spacial score (nSPS) is 10.8. The number of aromatic nitrogens is 2. The molecule has 1 aromatic carbocycles. The molecule has 0 amide bonds. The Balaban J connectivity index is 2.29. The van der Waals surface area contributed by atoms with Crippen LogP contribution in [0.5, 0.6) is 5.75 Å². The molecular weight excluding hydrogens is 208 g/mol. The molecule has 0 atom stereocenters. The van der Waals surface area contributed by atoms with Crippen molar-refractivity contribution in [2.75, 3.05) is 19.1 Å². The van der Waals surface area contributed by atoms with E-state index in [4.69, 9.17) is 4.74 Å². The smallest absolute Gasteiger partial charge is 0.121 e. The van der Waals surface area contributed by atoms with Crippen LogP contribution in [0, 0.1) is 0 Å². The zero-order chi connectivity index (χ0) is 10.7. The van der Waals surface area contributed by atoms with E-state index in [1.165, 1.54) is 0 Å². The molecule has 2 rings (SSSR count). The first-order chi connectivity index (χ1) is 7.33. The number of benzene rings is 1. The lowest BCUT2D eigenvalue weighted by Gasteiger charge is -1.96. The summed E-state index contributed by atoms with van der Waals surface area (Å²) in [5.74, 6) is 3.01. The maximum Gasteiger partial charge on any atom is 0.121 e. The molecule has 0 aliphatic carbocycles. The maximum atomic E-state index is 5.16. The molecular formula is C11H14N2OS. The fourth-order valence-electron chi connectivity index (χ4n) is 1.49. The van der Waals surface area contributed by atoms with Crippen molar-refractivity contribution >= 4 is 22.8 Å². The number of nitrogens with zero attached hydrogens (tertiary/aromatic N) is 1. The molecule has 1 heterocycles. The lowest BCUT2D eigenvalue weighted by Crippen LogP contribution is -1.89. The molecule has 3 nitrogen and oxygen atoms in total. The van der Waals surface area contributed by atoms with Crippen molar-refractivity contribution in [1.29, 1.82) is 0 Å². The second-order valence-electron chi connectivity index (χ2n) is 3.31. The third-order valence-electron chi connectivity index (χ3n) is 2.28. The third kappa shape index (κ3) is 2.26. The molecule has 2 aromatic rings. The highest BCUT2D eigenvalue weighted by atomic mass is 32.2. The number of aryl methyl sites for hydroxylation is 1. The molecule has 1 aromatic heterocycles. The van der Waals surface area contributed by atoms with Gasteiger partial charge < -0.3 is 9.72 Å². The third-order valence-corrected chi connectivity index (χ3v) is 2.89. The van der Waals surface area contributed by atoms with Crippen molar-refractivity contribution in [3.8, 4) is 5.75 Å². The van der Waals surface area contributed by atoms with E-state index in [0.717, 1.165) is 34.8 Å². The van der Waals surface area contributed by atoms with Gasteiger partial charge in [0.25, 0.3) is 0 Å². The first kappa shape index (κ1) is 10.4. The molecule has 0 fully saturated rings. The minimum Gasteiger partial charge on any atom is -0.497 e. The number of aromatic amines is 1. The summed E-state index contributed by atoms with van der Waals surface area (Å²) in [5.41, 5.74) is 2.05. The van der Waals surface area contributed by atoms with Gasteiger partial charge in [-0.2, -0.15) is 11.8 Å².